The second kappa shape index (κ2) is 55.9. The molecule has 0 aliphatic heterocycles. The Balaban J connectivity index is 3.42. The van der Waals surface area contributed by atoms with Crippen LogP contribution in [0.3, 0.4) is 0 Å². The first-order chi connectivity index (χ1) is 32.5. The van der Waals surface area contributed by atoms with Crippen molar-refractivity contribution < 1.29 is 24.5 Å². The van der Waals surface area contributed by atoms with Crippen LogP contribution < -0.4 is 5.32 Å². The summed E-state index contributed by atoms with van der Waals surface area (Å²) in [7, 11) is 0. The first-order valence-electron chi connectivity index (χ1n) is 29.6. The summed E-state index contributed by atoms with van der Waals surface area (Å²) >= 11 is 0. The number of hydrogen-bond acceptors (Lipinski definition) is 5. The van der Waals surface area contributed by atoms with Crippen LogP contribution in [-0.2, 0) is 14.3 Å². The molecule has 390 valence electrons. The number of carbonyl (C=O) groups excluding carboxylic acids is 2. The second-order valence-corrected chi connectivity index (χ2v) is 20.3. The van der Waals surface area contributed by atoms with Gasteiger partial charge in [-0.05, 0) is 77.0 Å². The van der Waals surface area contributed by atoms with Gasteiger partial charge in [0, 0.05) is 12.8 Å². The third kappa shape index (κ3) is 51.7. The van der Waals surface area contributed by atoms with Crippen molar-refractivity contribution in [3.05, 3.63) is 24.3 Å². The Morgan fingerprint density at radius 1 is 0.409 bits per heavy atom. The van der Waals surface area contributed by atoms with E-state index in [0.29, 0.717) is 25.9 Å². The molecular weight excluding hydrogens is 815 g/mol. The number of aliphatic hydroxyl groups is 2. The van der Waals surface area contributed by atoms with Gasteiger partial charge >= 0.3 is 5.97 Å². The topological polar surface area (TPSA) is 95.9 Å². The van der Waals surface area contributed by atoms with Gasteiger partial charge in [0.2, 0.25) is 5.91 Å². The molecule has 0 aromatic rings. The number of rotatable bonds is 55. The van der Waals surface area contributed by atoms with Crippen LogP contribution in [0.2, 0.25) is 0 Å². The Labute approximate surface area is 411 Å². The summed E-state index contributed by atoms with van der Waals surface area (Å²) < 4.78 is 5.48. The number of aliphatic hydroxyl groups excluding tert-OH is 2. The zero-order valence-electron chi connectivity index (χ0n) is 44.4. The molecule has 0 radical (unpaired) electrons. The maximum Gasteiger partial charge on any atom is 0.305 e. The number of carbonyl (C=O) groups is 2. The van der Waals surface area contributed by atoms with Crippen LogP contribution in [0.15, 0.2) is 24.3 Å². The molecule has 0 aromatic carbocycles. The predicted octanol–water partition coefficient (Wildman–Crippen LogP) is 18.2. The fourth-order valence-electron chi connectivity index (χ4n) is 9.16. The van der Waals surface area contributed by atoms with Crippen molar-refractivity contribution in [1.29, 1.82) is 0 Å². The molecule has 0 fully saturated rings. The lowest BCUT2D eigenvalue weighted by atomic mass is 10.0. The summed E-state index contributed by atoms with van der Waals surface area (Å²) in [6.07, 6.45) is 67.4. The first kappa shape index (κ1) is 64.3. The van der Waals surface area contributed by atoms with Gasteiger partial charge < -0.3 is 20.3 Å². The van der Waals surface area contributed by atoms with Gasteiger partial charge in [-0.2, -0.15) is 0 Å². The average molecular weight is 931 g/mol. The van der Waals surface area contributed by atoms with Crippen molar-refractivity contribution >= 4 is 11.9 Å². The molecule has 0 aliphatic rings. The summed E-state index contributed by atoms with van der Waals surface area (Å²) in [5, 5.41) is 23.2. The number of esters is 1. The van der Waals surface area contributed by atoms with Crippen LogP contribution in [0.25, 0.3) is 0 Å². The van der Waals surface area contributed by atoms with Gasteiger partial charge in [0.05, 0.1) is 25.4 Å². The molecule has 66 heavy (non-hydrogen) atoms. The summed E-state index contributed by atoms with van der Waals surface area (Å²) in [5.74, 6) is -0.0432. The van der Waals surface area contributed by atoms with E-state index in [2.05, 4.69) is 43.5 Å². The smallest absolute Gasteiger partial charge is 0.305 e. The number of hydrogen-bond donors (Lipinski definition) is 3. The summed E-state index contributed by atoms with van der Waals surface area (Å²) in [4.78, 5) is 24.5. The summed E-state index contributed by atoms with van der Waals surface area (Å²) in [6, 6.07) is -0.548. The maximum absolute atomic E-state index is 12.5. The van der Waals surface area contributed by atoms with Crippen molar-refractivity contribution in [2.45, 2.75) is 334 Å². The number of nitrogens with one attached hydrogen (secondary N) is 1. The largest absolute Gasteiger partial charge is 0.466 e. The summed E-state index contributed by atoms with van der Waals surface area (Å²) in [5.41, 5.74) is 0. The monoisotopic (exact) mass is 930 g/mol. The van der Waals surface area contributed by atoms with Crippen LogP contribution >= 0.6 is 0 Å². The van der Waals surface area contributed by atoms with E-state index in [-0.39, 0.29) is 18.5 Å². The standard InChI is InChI=1S/C60H115NO5/c1-3-5-7-9-11-13-15-17-18-22-26-30-34-38-42-46-50-54-60(65)66-55-51-47-43-39-35-31-27-24-21-19-20-23-25-29-33-37-41-45-49-53-59(64)61-57(56-62)58(63)52-48-44-40-36-32-28-16-14-12-10-8-6-4-2/h17-20,57-58,62-63H,3-16,21-56H2,1-2H3,(H,61,64)/b18-17-,20-19-. The molecule has 6 nitrogen and oxygen atoms in total. The Hall–Kier alpha value is -1.66. The lowest BCUT2D eigenvalue weighted by Crippen LogP contribution is -2.45. The Morgan fingerprint density at radius 2 is 0.712 bits per heavy atom. The van der Waals surface area contributed by atoms with Crippen molar-refractivity contribution in [3.63, 3.8) is 0 Å². The fourth-order valence-corrected chi connectivity index (χ4v) is 9.16. The fraction of sp³-hybridized carbons (Fsp3) is 0.900. The van der Waals surface area contributed by atoms with Gasteiger partial charge in [-0.25, -0.2) is 0 Å². The van der Waals surface area contributed by atoms with Gasteiger partial charge in [-0.1, -0.05) is 256 Å². The Bertz CT molecular complexity index is 1030. The second-order valence-electron chi connectivity index (χ2n) is 20.3. The normalized spacial score (nSPS) is 12.7. The van der Waals surface area contributed by atoms with Crippen molar-refractivity contribution in [2.75, 3.05) is 13.2 Å². The minimum Gasteiger partial charge on any atom is -0.466 e. The molecule has 1 amide bonds. The minimum absolute atomic E-state index is 0.000841. The van der Waals surface area contributed by atoms with Gasteiger partial charge in [0.15, 0.2) is 0 Å². The molecule has 0 saturated heterocycles. The molecule has 0 bridgehead atoms. The highest BCUT2D eigenvalue weighted by Crippen LogP contribution is 2.17. The molecule has 0 rings (SSSR count). The Morgan fingerprint density at radius 3 is 1.08 bits per heavy atom. The van der Waals surface area contributed by atoms with Gasteiger partial charge in [0.25, 0.3) is 0 Å². The molecule has 0 saturated carbocycles. The predicted molar refractivity (Wildman–Crippen MR) is 287 cm³/mol. The lowest BCUT2D eigenvalue weighted by Gasteiger charge is -2.22. The number of ether oxygens (including phenoxy) is 1. The Kier molecular flexibility index (Phi) is 54.5. The van der Waals surface area contributed by atoms with E-state index < -0.39 is 12.1 Å². The minimum atomic E-state index is -0.669. The van der Waals surface area contributed by atoms with Crippen molar-refractivity contribution in [3.8, 4) is 0 Å². The van der Waals surface area contributed by atoms with Crippen molar-refractivity contribution in [1.82, 2.24) is 5.32 Å². The highest BCUT2D eigenvalue weighted by atomic mass is 16.5. The SMILES string of the molecule is CCCCCCCC/C=C\CCCCCCCCCC(=O)OCCCCCCCCCC/C=C\CCCCCCCCCC(=O)NC(CO)C(O)CCCCCCCCCCCCCCC. The van der Waals surface area contributed by atoms with E-state index in [1.165, 1.54) is 244 Å². The average Bonchev–Trinajstić information content (AvgIpc) is 3.32. The third-order valence-corrected chi connectivity index (χ3v) is 13.7. The van der Waals surface area contributed by atoms with Crippen molar-refractivity contribution in [2.24, 2.45) is 0 Å². The lowest BCUT2D eigenvalue weighted by molar-refractivity contribution is -0.143. The van der Waals surface area contributed by atoms with Gasteiger partial charge in [0.1, 0.15) is 0 Å². The van der Waals surface area contributed by atoms with Crippen LogP contribution in [0, 0.1) is 0 Å². The van der Waals surface area contributed by atoms with E-state index in [4.69, 9.17) is 4.74 Å². The molecule has 0 aliphatic carbocycles. The molecule has 0 aromatic heterocycles. The molecule has 3 N–H and O–H groups in total. The molecular formula is C60H115NO5. The quantitative estimate of drug-likeness (QED) is 0.0321. The maximum atomic E-state index is 12.5. The van der Waals surface area contributed by atoms with E-state index in [1.807, 2.05) is 0 Å². The van der Waals surface area contributed by atoms with Crippen LogP contribution in [-0.4, -0.2) is 47.4 Å². The first-order valence-corrected chi connectivity index (χ1v) is 29.6. The highest BCUT2D eigenvalue weighted by molar-refractivity contribution is 5.76. The zero-order chi connectivity index (χ0) is 47.9. The van der Waals surface area contributed by atoms with Gasteiger partial charge in [-0.15, -0.1) is 0 Å². The van der Waals surface area contributed by atoms with Crippen LogP contribution in [0.4, 0.5) is 0 Å². The zero-order valence-corrected chi connectivity index (χ0v) is 44.4. The van der Waals surface area contributed by atoms with Crippen LogP contribution in [0.5, 0.6) is 0 Å². The highest BCUT2D eigenvalue weighted by Gasteiger charge is 2.20. The van der Waals surface area contributed by atoms with E-state index in [1.54, 1.807) is 0 Å². The molecule has 2 unspecified atom stereocenters. The molecule has 0 heterocycles. The molecule has 0 spiro atoms. The van der Waals surface area contributed by atoms with E-state index in [9.17, 15) is 19.8 Å². The van der Waals surface area contributed by atoms with E-state index >= 15 is 0 Å². The molecule has 2 atom stereocenters. The third-order valence-electron chi connectivity index (χ3n) is 13.7. The van der Waals surface area contributed by atoms with E-state index in [0.717, 1.165) is 44.9 Å². The summed E-state index contributed by atoms with van der Waals surface area (Å²) in [6.45, 7) is 4.94. The number of allylic oxidation sites excluding steroid dienone is 4. The van der Waals surface area contributed by atoms with Crippen LogP contribution in [0.1, 0.15) is 322 Å². The van der Waals surface area contributed by atoms with Gasteiger partial charge in [-0.3, -0.25) is 9.59 Å². The number of unbranched alkanes of at least 4 members (excludes halogenated alkanes) is 40. The number of amides is 1. The molecule has 6 heteroatoms.